The van der Waals surface area contributed by atoms with Gasteiger partial charge in [0, 0.05) is 18.0 Å². The lowest BCUT2D eigenvalue weighted by Crippen LogP contribution is -2.43. The topological polar surface area (TPSA) is 71.8 Å². The summed E-state index contributed by atoms with van der Waals surface area (Å²) in [5.74, 6) is 0.732. The Morgan fingerprint density at radius 2 is 2.29 bits per heavy atom. The van der Waals surface area contributed by atoms with E-state index in [9.17, 15) is 4.79 Å². The predicted octanol–water partition coefficient (Wildman–Crippen LogP) is 1.79. The number of nitrogens with zero attached hydrogens (tertiary/aromatic N) is 3. The Balaban J connectivity index is 1.72. The summed E-state index contributed by atoms with van der Waals surface area (Å²) in [6, 6.07) is 8.08. The average molecular weight is 303 g/mol. The van der Waals surface area contributed by atoms with Crippen molar-refractivity contribution < 1.29 is 4.79 Å². The number of para-hydroxylation sites is 1. The molecule has 6 nitrogen and oxygen atoms in total. The summed E-state index contributed by atoms with van der Waals surface area (Å²) >= 11 is 1.70. The van der Waals surface area contributed by atoms with Crippen LogP contribution in [0.4, 0.5) is 5.69 Å². The molecule has 0 unspecified atom stereocenters. The molecule has 7 heteroatoms. The molecule has 0 bridgehead atoms. The van der Waals surface area contributed by atoms with Crippen molar-refractivity contribution in [3.05, 3.63) is 36.2 Å². The first-order chi connectivity index (χ1) is 10.3. The summed E-state index contributed by atoms with van der Waals surface area (Å²) in [6.07, 6.45) is 1.70. The predicted molar refractivity (Wildman–Crippen MR) is 82.7 cm³/mol. The summed E-state index contributed by atoms with van der Waals surface area (Å²) in [6.45, 7) is 3.84. The Morgan fingerprint density at radius 1 is 1.48 bits per heavy atom. The lowest BCUT2D eigenvalue weighted by molar-refractivity contribution is 0.102. The molecule has 1 aliphatic heterocycles. The molecular formula is C14H17N5OS. The second kappa shape index (κ2) is 6.28. The number of thioether (sulfide) groups is 1. The van der Waals surface area contributed by atoms with Crippen LogP contribution < -0.4 is 10.6 Å². The third-order valence-electron chi connectivity index (χ3n) is 3.31. The fourth-order valence-electron chi connectivity index (χ4n) is 2.06. The summed E-state index contributed by atoms with van der Waals surface area (Å²) < 4.78 is 1.75. The molecule has 0 atom stereocenters. The van der Waals surface area contributed by atoms with Crippen molar-refractivity contribution in [3.63, 3.8) is 0 Å². The first-order valence-electron chi connectivity index (χ1n) is 6.93. The van der Waals surface area contributed by atoms with E-state index in [0.717, 1.165) is 29.4 Å². The number of amides is 1. The van der Waals surface area contributed by atoms with E-state index in [1.807, 2.05) is 24.3 Å². The molecule has 2 N–H and O–H groups in total. The van der Waals surface area contributed by atoms with Crippen LogP contribution in [0.15, 0.2) is 35.4 Å². The largest absolute Gasteiger partial charge is 0.320 e. The van der Waals surface area contributed by atoms with Gasteiger partial charge in [0.05, 0.1) is 17.9 Å². The van der Waals surface area contributed by atoms with E-state index in [4.69, 9.17) is 0 Å². The van der Waals surface area contributed by atoms with Crippen LogP contribution in [0.2, 0.25) is 0 Å². The van der Waals surface area contributed by atoms with Crippen molar-refractivity contribution in [1.82, 2.24) is 20.3 Å². The van der Waals surface area contributed by atoms with Crippen molar-refractivity contribution in [2.45, 2.75) is 17.9 Å². The lowest BCUT2D eigenvalue weighted by Gasteiger charge is -2.26. The molecule has 1 saturated heterocycles. The van der Waals surface area contributed by atoms with Crippen molar-refractivity contribution >= 4 is 23.4 Å². The molecule has 110 valence electrons. The normalized spacial score (nSPS) is 14.7. The number of aromatic nitrogens is 3. The summed E-state index contributed by atoms with van der Waals surface area (Å²) in [5.41, 5.74) is 1.16. The highest BCUT2D eigenvalue weighted by Gasteiger charge is 2.21. The Kier molecular flexibility index (Phi) is 4.21. The molecule has 21 heavy (non-hydrogen) atoms. The molecule has 1 aromatic carbocycles. The van der Waals surface area contributed by atoms with Crippen LogP contribution in [0.1, 0.15) is 23.5 Å². The molecular weight excluding hydrogens is 286 g/mol. The third kappa shape index (κ3) is 3.08. The van der Waals surface area contributed by atoms with Crippen molar-refractivity contribution in [1.29, 1.82) is 0 Å². The number of anilines is 1. The van der Waals surface area contributed by atoms with Gasteiger partial charge in [-0.1, -0.05) is 24.3 Å². The second-order valence-corrected chi connectivity index (χ2v) is 6.09. The number of carbonyl (C=O) groups is 1. The molecule has 2 aromatic rings. The highest BCUT2D eigenvalue weighted by atomic mass is 32.2. The molecule has 1 fully saturated rings. The SMILES string of the molecule is CCSc1ccccc1NC(=O)c1cn(C2CNC2)nn1. The van der Waals surface area contributed by atoms with Crippen LogP contribution in [0.5, 0.6) is 0 Å². The van der Waals surface area contributed by atoms with Crippen LogP contribution in [0.3, 0.4) is 0 Å². The fraction of sp³-hybridized carbons (Fsp3) is 0.357. The van der Waals surface area contributed by atoms with Gasteiger partial charge in [-0.25, -0.2) is 4.68 Å². The van der Waals surface area contributed by atoms with E-state index in [0.29, 0.717) is 11.7 Å². The Morgan fingerprint density at radius 3 is 3.00 bits per heavy atom. The van der Waals surface area contributed by atoms with Crippen LogP contribution >= 0.6 is 11.8 Å². The second-order valence-electron chi connectivity index (χ2n) is 4.78. The Hall–Kier alpha value is -1.86. The van der Waals surface area contributed by atoms with Gasteiger partial charge in [0.1, 0.15) is 0 Å². The van der Waals surface area contributed by atoms with Crippen molar-refractivity contribution in [3.8, 4) is 0 Å². The van der Waals surface area contributed by atoms with E-state index >= 15 is 0 Å². The molecule has 2 heterocycles. The van der Waals surface area contributed by atoms with Gasteiger partial charge in [-0.05, 0) is 17.9 Å². The van der Waals surface area contributed by atoms with Gasteiger partial charge in [0.25, 0.3) is 5.91 Å². The maximum absolute atomic E-state index is 12.3. The fourth-order valence-corrected chi connectivity index (χ4v) is 2.82. The van der Waals surface area contributed by atoms with Gasteiger partial charge in [-0.2, -0.15) is 0 Å². The maximum atomic E-state index is 12.3. The quantitative estimate of drug-likeness (QED) is 0.824. The van der Waals surface area contributed by atoms with E-state index in [1.54, 1.807) is 22.6 Å². The van der Waals surface area contributed by atoms with Crippen LogP contribution in [-0.2, 0) is 0 Å². The highest BCUT2D eigenvalue weighted by Crippen LogP contribution is 2.26. The van der Waals surface area contributed by atoms with E-state index in [1.165, 1.54) is 0 Å². The average Bonchev–Trinajstić information content (AvgIpc) is 2.89. The maximum Gasteiger partial charge on any atom is 0.277 e. The minimum atomic E-state index is -0.224. The molecule has 0 saturated carbocycles. The third-order valence-corrected chi connectivity index (χ3v) is 4.27. The zero-order valence-corrected chi connectivity index (χ0v) is 12.6. The molecule has 1 aliphatic rings. The first kappa shape index (κ1) is 14.1. The van der Waals surface area contributed by atoms with Crippen LogP contribution in [0, 0.1) is 0 Å². The van der Waals surface area contributed by atoms with Gasteiger partial charge < -0.3 is 10.6 Å². The Bertz CT molecular complexity index is 638. The van der Waals surface area contributed by atoms with Crippen molar-refractivity contribution in [2.24, 2.45) is 0 Å². The number of carbonyl (C=O) groups excluding carboxylic acids is 1. The summed E-state index contributed by atoms with van der Waals surface area (Å²) in [5, 5.41) is 14.1. The molecule has 1 aromatic heterocycles. The smallest absolute Gasteiger partial charge is 0.277 e. The molecule has 0 spiro atoms. The van der Waals surface area contributed by atoms with Gasteiger partial charge in [0.2, 0.25) is 0 Å². The standard InChI is InChI=1S/C14H17N5OS/c1-2-21-13-6-4-3-5-11(13)16-14(20)12-9-19(18-17-12)10-7-15-8-10/h3-6,9-10,15H,2,7-8H2,1H3,(H,16,20). The monoisotopic (exact) mass is 303 g/mol. The zero-order chi connectivity index (χ0) is 14.7. The number of nitrogens with one attached hydrogen (secondary N) is 2. The van der Waals surface area contributed by atoms with Crippen LogP contribution in [0.25, 0.3) is 0 Å². The number of rotatable bonds is 5. The highest BCUT2D eigenvalue weighted by molar-refractivity contribution is 7.99. The van der Waals surface area contributed by atoms with Gasteiger partial charge in [-0.15, -0.1) is 16.9 Å². The van der Waals surface area contributed by atoms with Crippen LogP contribution in [-0.4, -0.2) is 39.7 Å². The van der Waals surface area contributed by atoms with Gasteiger partial charge in [-0.3, -0.25) is 4.79 Å². The molecule has 3 rings (SSSR count). The minimum Gasteiger partial charge on any atom is -0.320 e. The summed E-state index contributed by atoms with van der Waals surface area (Å²) in [4.78, 5) is 13.3. The lowest BCUT2D eigenvalue weighted by atomic mass is 10.2. The number of hydrogen-bond donors (Lipinski definition) is 2. The van der Waals surface area contributed by atoms with E-state index < -0.39 is 0 Å². The summed E-state index contributed by atoms with van der Waals surface area (Å²) in [7, 11) is 0. The molecule has 0 radical (unpaired) electrons. The molecule has 0 aliphatic carbocycles. The van der Waals surface area contributed by atoms with Gasteiger partial charge >= 0.3 is 0 Å². The minimum absolute atomic E-state index is 0.224. The Labute approximate surface area is 127 Å². The van der Waals surface area contributed by atoms with Gasteiger partial charge in [0.15, 0.2) is 5.69 Å². The molecule has 1 amide bonds. The van der Waals surface area contributed by atoms with Crippen molar-refractivity contribution in [2.75, 3.05) is 24.2 Å². The van der Waals surface area contributed by atoms with E-state index in [2.05, 4.69) is 27.9 Å². The number of hydrogen-bond acceptors (Lipinski definition) is 5. The zero-order valence-electron chi connectivity index (χ0n) is 11.7. The van der Waals surface area contributed by atoms with E-state index in [-0.39, 0.29) is 5.91 Å². The number of benzene rings is 1. The first-order valence-corrected chi connectivity index (χ1v) is 7.92.